The maximum atomic E-state index is 10.5. The van der Waals surface area contributed by atoms with Crippen LogP contribution in [0.4, 0.5) is 5.82 Å². The quantitative estimate of drug-likeness (QED) is 0.688. The molecule has 0 aromatic carbocycles. The second-order valence-electron chi connectivity index (χ2n) is 4.46. The highest BCUT2D eigenvalue weighted by Crippen LogP contribution is 2.31. The van der Waals surface area contributed by atoms with E-state index in [2.05, 4.69) is 16.8 Å². The Bertz CT molecular complexity index is 343. The van der Waals surface area contributed by atoms with Crippen molar-refractivity contribution in [2.24, 2.45) is 5.92 Å². The fourth-order valence-electron chi connectivity index (χ4n) is 1.84. The van der Waals surface area contributed by atoms with Gasteiger partial charge in [0.05, 0.1) is 0 Å². The fourth-order valence-corrected chi connectivity index (χ4v) is 1.84. The number of aldehydes is 1. The Labute approximate surface area is 96.5 Å². The maximum absolute atomic E-state index is 10.5. The van der Waals surface area contributed by atoms with Gasteiger partial charge in [0, 0.05) is 24.8 Å². The molecule has 0 aliphatic heterocycles. The van der Waals surface area contributed by atoms with Crippen molar-refractivity contribution in [1.82, 2.24) is 4.98 Å². The summed E-state index contributed by atoms with van der Waals surface area (Å²) < 4.78 is 0. The molecule has 1 aliphatic carbocycles. The van der Waals surface area contributed by atoms with Crippen LogP contribution in [0, 0.1) is 5.92 Å². The van der Waals surface area contributed by atoms with Crippen LogP contribution in [0.15, 0.2) is 18.3 Å². The molecule has 0 N–H and O–H groups in total. The number of anilines is 1. The molecule has 0 bridgehead atoms. The molecule has 1 aliphatic rings. The Morgan fingerprint density at radius 1 is 1.50 bits per heavy atom. The highest BCUT2D eigenvalue weighted by Gasteiger charge is 2.24. The van der Waals surface area contributed by atoms with E-state index < -0.39 is 0 Å². The van der Waals surface area contributed by atoms with Crippen LogP contribution in [0.25, 0.3) is 0 Å². The highest BCUT2D eigenvalue weighted by molar-refractivity contribution is 5.74. The lowest BCUT2D eigenvalue weighted by molar-refractivity contribution is 0.112. The van der Waals surface area contributed by atoms with Gasteiger partial charge in [-0.3, -0.25) is 4.79 Å². The fraction of sp³-hybridized carbons (Fsp3) is 0.538. The maximum Gasteiger partial charge on any atom is 0.151 e. The summed E-state index contributed by atoms with van der Waals surface area (Å²) in [5.74, 6) is 1.86. The first-order valence-electron chi connectivity index (χ1n) is 5.99. The van der Waals surface area contributed by atoms with Gasteiger partial charge in [0.1, 0.15) is 5.82 Å². The van der Waals surface area contributed by atoms with E-state index in [1.165, 1.54) is 12.8 Å². The molecule has 3 heteroatoms. The molecule has 2 rings (SSSR count). The minimum absolute atomic E-state index is 0.645. The first-order valence-corrected chi connectivity index (χ1v) is 5.99. The van der Waals surface area contributed by atoms with Crippen LogP contribution in [0.2, 0.25) is 0 Å². The summed E-state index contributed by atoms with van der Waals surface area (Å²) in [4.78, 5) is 17.2. The standard InChI is InChI=1S/C13H18N2O/c1-2-7-15(9-11-3-4-11)13-6-5-12(10-16)8-14-13/h5-6,8,10-11H,2-4,7,9H2,1H3. The van der Waals surface area contributed by atoms with E-state index in [-0.39, 0.29) is 0 Å². The molecule has 1 fully saturated rings. The van der Waals surface area contributed by atoms with Gasteiger partial charge >= 0.3 is 0 Å². The monoisotopic (exact) mass is 218 g/mol. The Morgan fingerprint density at radius 2 is 2.31 bits per heavy atom. The molecular weight excluding hydrogens is 200 g/mol. The zero-order valence-electron chi connectivity index (χ0n) is 9.72. The Kier molecular flexibility index (Phi) is 3.54. The summed E-state index contributed by atoms with van der Waals surface area (Å²) in [7, 11) is 0. The van der Waals surface area contributed by atoms with Gasteiger partial charge in [0.25, 0.3) is 0 Å². The van der Waals surface area contributed by atoms with Crippen LogP contribution in [-0.4, -0.2) is 24.4 Å². The Hall–Kier alpha value is -1.38. The normalized spacial score (nSPS) is 14.8. The van der Waals surface area contributed by atoms with Crippen LogP contribution in [-0.2, 0) is 0 Å². The van der Waals surface area contributed by atoms with Crippen LogP contribution in [0.1, 0.15) is 36.5 Å². The van der Waals surface area contributed by atoms with Crippen molar-refractivity contribution in [3.63, 3.8) is 0 Å². The Morgan fingerprint density at radius 3 is 2.81 bits per heavy atom. The lowest BCUT2D eigenvalue weighted by Gasteiger charge is -2.22. The summed E-state index contributed by atoms with van der Waals surface area (Å²) >= 11 is 0. The largest absolute Gasteiger partial charge is 0.356 e. The minimum Gasteiger partial charge on any atom is -0.356 e. The Balaban J connectivity index is 2.06. The SMILES string of the molecule is CCCN(CC1CC1)c1ccc(C=O)cn1. The van der Waals surface area contributed by atoms with E-state index in [9.17, 15) is 4.79 Å². The molecule has 0 amide bonds. The third-order valence-corrected chi connectivity index (χ3v) is 2.90. The van der Waals surface area contributed by atoms with E-state index >= 15 is 0 Å². The van der Waals surface area contributed by atoms with Gasteiger partial charge in [-0.25, -0.2) is 4.98 Å². The molecule has 0 atom stereocenters. The minimum atomic E-state index is 0.645. The topological polar surface area (TPSA) is 33.2 Å². The van der Waals surface area contributed by atoms with E-state index in [4.69, 9.17) is 0 Å². The average molecular weight is 218 g/mol. The van der Waals surface area contributed by atoms with Crippen molar-refractivity contribution >= 4 is 12.1 Å². The van der Waals surface area contributed by atoms with E-state index in [0.29, 0.717) is 5.56 Å². The van der Waals surface area contributed by atoms with E-state index in [1.807, 2.05) is 12.1 Å². The molecule has 1 heterocycles. The molecule has 3 nitrogen and oxygen atoms in total. The molecule has 0 saturated heterocycles. The van der Waals surface area contributed by atoms with Crippen molar-refractivity contribution in [1.29, 1.82) is 0 Å². The third kappa shape index (κ3) is 2.81. The van der Waals surface area contributed by atoms with Crippen molar-refractivity contribution < 1.29 is 4.79 Å². The second-order valence-corrected chi connectivity index (χ2v) is 4.46. The number of rotatable bonds is 6. The number of pyridine rings is 1. The summed E-state index contributed by atoms with van der Waals surface area (Å²) in [5.41, 5.74) is 0.645. The van der Waals surface area contributed by atoms with Gasteiger partial charge in [-0.2, -0.15) is 0 Å². The molecule has 16 heavy (non-hydrogen) atoms. The summed E-state index contributed by atoms with van der Waals surface area (Å²) in [6.07, 6.45) is 6.32. The summed E-state index contributed by atoms with van der Waals surface area (Å²) in [5, 5.41) is 0. The third-order valence-electron chi connectivity index (χ3n) is 2.90. The smallest absolute Gasteiger partial charge is 0.151 e. The lowest BCUT2D eigenvalue weighted by atomic mass is 10.3. The van der Waals surface area contributed by atoms with Gasteiger partial charge in [-0.05, 0) is 37.3 Å². The number of carbonyl (C=O) groups is 1. The molecule has 1 aromatic rings. The molecule has 0 spiro atoms. The predicted molar refractivity (Wildman–Crippen MR) is 64.9 cm³/mol. The van der Waals surface area contributed by atoms with E-state index in [0.717, 1.165) is 37.5 Å². The highest BCUT2D eigenvalue weighted by atomic mass is 16.1. The molecular formula is C13H18N2O. The van der Waals surface area contributed by atoms with Gasteiger partial charge in [0.15, 0.2) is 6.29 Å². The first-order chi connectivity index (χ1) is 7.83. The summed E-state index contributed by atoms with van der Waals surface area (Å²) in [6, 6.07) is 3.78. The van der Waals surface area contributed by atoms with Crippen LogP contribution in [0.5, 0.6) is 0 Å². The van der Waals surface area contributed by atoms with E-state index in [1.54, 1.807) is 6.20 Å². The molecule has 0 unspecified atom stereocenters. The molecule has 1 saturated carbocycles. The second kappa shape index (κ2) is 5.10. The predicted octanol–water partition coefficient (Wildman–Crippen LogP) is 2.52. The van der Waals surface area contributed by atoms with Crippen molar-refractivity contribution in [3.05, 3.63) is 23.9 Å². The van der Waals surface area contributed by atoms with Crippen molar-refractivity contribution in [2.45, 2.75) is 26.2 Å². The molecule has 0 radical (unpaired) electrons. The van der Waals surface area contributed by atoms with Gasteiger partial charge in [-0.1, -0.05) is 6.92 Å². The van der Waals surface area contributed by atoms with Crippen molar-refractivity contribution in [2.75, 3.05) is 18.0 Å². The van der Waals surface area contributed by atoms with Crippen molar-refractivity contribution in [3.8, 4) is 0 Å². The first kappa shape index (κ1) is 11.1. The van der Waals surface area contributed by atoms with Crippen LogP contribution in [0.3, 0.4) is 0 Å². The van der Waals surface area contributed by atoms with Crippen LogP contribution < -0.4 is 4.90 Å². The van der Waals surface area contributed by atoms with Gasteiger partial charge in [0.2, 0.25) is 0 Å². The zero-order chi connectivity index (χ0) is 11.4. The molecule has 1 aromatic heterocycles. The average Bonchev–Trinajstić information content (AvgIpc) is 3.13. The van der Waals surface area contributed by atoms with Gasteiger partial charge in [-0.15, -0.1) is 0 Å². The van der Waals surface area contributed by atoms with Gasteiger partial charge < -0.3 is 4.90 Å². The number of carbonyl (C=O) groups excluding carboxylic acids is 1. The number of hydrogen-bond acceptors (Lipinski definition) is 3. The molecule has 86 valence electrons. The number of nitrogens with zero attached hydrogens (tertiary/aromatic N) is 2. The zero-order valence-corrected chi connectivity index (χ0v) is 9.72. The number of aromatic nitrogens is 1. The number of hydrogen-bond donors (Lipinski definition) is 0. The lowest BCUT2D eigenvalue weighted by Crippen LogP contribution is -2.27. The van der Waals surface area contributed by atoms with Crippen LogP contribution >= 0.6 is 0 Å². The summed E-state index contributed by atoms with van der Waals surface area (Å²) in [6.45, 7) is 4.34.